The van der Waals surface area contributed by atoms with Crippen LogP contribution in [0.3, 0.4) is 0 Å². The minimum Gasteiger partial charge on any atom is -0.301 e. The van der Waals surface area contributed by atoms with Gasteiger partial charge in [0, 0.05) is 38.4 Å². The van der Waals surface area contributed by atoms with Gasteiger partial charge in [-0.2, -0.15) is 4.31 Å². The van der Waals surface area contributed by atoms with Gasteiger partial charge in [0.05, 0.1) is 11.6 Å². The first-order chi connectivity index (χ1) is 11.0. The maximum absolute atomic E-state index is 12.6. The van der Waals surface area contributed by atoms with Crippen molar-refractivity contribution in [3.05, 3.63) is 28.7 Å². The molecule has 0 aromatic carbocycles. The number of hydrogen-bond donors (Lipinski definition) is 0. The molecular formula is C16H25N3O3S. The highest BCUT2D eigenvalue weighted by atomic mass is 32.2. The Bertz CT molecular complexity index is 700. The molecule has 3 rings (SSSR count). The molecule has 0 aliphatic carbocycles. The summed E-state index contributed by atoms with van der Waals surface area (Å²) in [5.41, 5.74) is -0.149. The zero-order chi connectivity index (χ0) is 16.4. The first-order valence-electron chi connectivity index (χ1n) is 8.40. The maximum Gasteiger partial charge on any atom is 0.251 e. The van der Waals surface area contributed by atoms with E-state index in [0.717, 1.165) is 44.7 Å². The van der Waals surface area contributed by atoms with Gasteiger partial charge in [0.2, 0.25) is 10.0 Å². The molecule has 0 atom stereocenters. The predicted molar refractivity (Wildman–Crippen MR) is 88.7 cm³/mol. The van der Waals surface area contributed by atoms with Gasteiger partial charge in [-0.25, -0.2) is 8.42 Å². The molecule has 0 bridgehead atoms. The van der Waals surface area contributed by atoms with E-state index in [1.54, 1.807) is 0 Å². The minimum absolute atomic E-state index is 0.149. The Morgan fingerprint density at radius 1 is 1.09 bits per heavy atom. The highest BCUT2D eigenvalue weighted by Crippen LogP contribution is 2.20. The molecule has 23 heavy (non-hydrogen) atoms. The van der Waals surface area contributed by atoms with Gasteiger partial charge in [0.15, 0.2) is 0 Å². The standard InChI is InChI=1S/C16H25N3O3S/c1-14-6-10-17(11-7-14)13-18-12-15(4-5-16(18)20)23(21,22)19-8-2-3-9-19/h4-5,12,14H,2-3,6-11,13H2,1H3. The summed E-state index contributed by atoms with van der Waals surface area (Å²) < 4.78 is 28.3. The molecule has 0 N–H and O–H groups in total. The summed E-state index contributed by atoms with van der Waals surface area (Å²) in [4.78, 5) is 14.5. The number of aromatic nitrogens is 1. The Morgan fingerprint density at radius 3 is 2.39 bits per heavy atom. The summed E-state index contributed by atoms with van der Waals surface area (Å²) in [6.07, 6.45) is 5.57. The van der Waals surface area contributed by atoms with Crippen LogP contribution in [0.2, 0.25) is 0 Å². The number of likely N-dealkylation sites (tertiary alicyclic amines) is 1. The molecule has 0 spiro atoms. The van der Waals surface area contributed by atoms with Crippen molar-refractivity contribution in [2.45, 2.75) is 44.2 Å². The lowest BCUT2D eigenvalue weighted by Crippen LogP contribution is -2.38. The van der Waals surface area contributed by atoms with Crippen molar-refractivity contribution < 1.29 is 8.42 Å². The lowest BCUT2D eigenvalue weighted by atomic mass is 10.00. The van der Waals surface area contributed by atoms with E-state index in [1.807, 2.05) is 0 Å². The number of piperidine rings is 1. The third kappa shape index (κ3) is 3.67. The lowest BCUT2D eigenvalue weighted by Gasteiger charge is -2.30. The predicted octanol–water partition coefficient (Wildman–Crippen LogP) is 1.32. The lowest BCUT2D eigenvalue weighted by molar-refractivity contribution is 0.151. The van der Waals surface area contributed by atoms with Crippen molar-refractivity contribution in [1.29, 1.82) is 0 Å². The number of rotatable bonds is 4. The molecule has 6 nitrogen and oxygen atoms in total. The SMILES string of the molecule is CC1CCN(Cn2cc(S(=O)(=O)N3CCCC3)ccc2=O)CC1. The fourth-order valence-corrected chi connectivity index (χ4v) is 4.81. The Labute approximate surface area is 137 Å². The number of sulfonamides is 1. The summed E-state index contributed by atoms with van der Waals surface area (Å²) >= 11 is 0. The second kappa shape index (κ2) is 6.75. The van der Waals surface area contributed by atoms with Crippen LogP contribution >= 0.6 is 0 Å². The smallest absolute Gasteiger partial charge is 0.251 e. The molecule has 1 aromatic rings. The van der Waals surface area contributed by atoms with E-state index in [4.69, 9.17) is 0 Å². The molecule has 0 amide bonds. The quantitative estimate of drug-likeness (QED) is 0.830. The topological polar surface area (TPSA) is 62.6 Å². The monoisotopic (exact) mass is 339 g/mol. The number of pyridine rings is 1. The molecule has 0 unspecified atom stereocenters. The third-order valence-electron chi connectivity index (χ3n) is 4.89. The van der Waals surface area contributed by atoms with Crippen LogP contribution in [0.1, 0.15) is 32.6 Å². The average molecular weight is 339 g/mol. The fraction of sp³-hybridized carbons (Fsp3) is 0.688. The molecule has 3 heterocycles. The van der Waals surface area contributed by atoms with Gasteiger partial charge in [-0.3, -0.25) is 9.69 Å². The van der Waals surface area contributed by atoms with Gasteiger partial charge in [-0.15, -0.1) is 0 Å². The molecule has 2 fully saturated rings. The number of hydrogen-bond acceptors (Lipinski definition) is 4. The van der Waals surface area contributed by atoms with Gasteiger partial charge in [-0.05, 0) is 37.7 Å². The van der Waals surface area contributed by atoms with Crippen molar-refractivity contribution in [3.8, 4) is 0 Å². The Kier molecular flexibility index (Phi) is 4.89. The van der Waals surface area contributed by atoms with Gasteiger partial charge < -0.3 is 4.57 Å². The van der Waals surface area contributed by atoms with Crippen LogP contribution in [-0.4, -0.2) is 48.4 Å². The molecule has 2 aliphatic rings. The summed E-state index contributed by atoms with van der Waals surface area (Å²) in [5.74, 6) is 0.727. The van der Waals surface area contributed by atoms with E-state index >= 15 is 0 Å². The van der Waals surface area contributed by atoms with E-state index < -0.39 is 10.0 Å². The van der Waals surface area contributed by atoms with Crippen LogP contribution in [-0.2, 0) is 16.7 Å². The highest BCUT2D eigenvalue weighted by molar-refractivity contribution is 7.89. The largest absolute Gasteiger partial charge is 0.301 e. The first-order valence-corrected chi connectivity index (χ1v) is 9.84. The van der Waals surface area contributed by atoms with Crippen LogP contribution in [0.4, 0.5) is 0 Å². The van der Waals surface area contributed by atoms with Crippen LogP contribution in [0, 0.1) is 5.92 Å². The number of nitrogens with zero attached hydrogens (tertiary/aromatic N) is 3. The van der Waals surface area contributed by atoms with E-state index in [9.17, 15) is 13.2 Å². The highest BCUT2D eigenvalue weighted by Gasteiger charge is 2.27. The molecule has 2 saturated heterocycles. The second-order valence-corrected chi connectivity index (χ2v) is 8.66. The van der Waals surface area contributed by atoms with E-state index in [-0.39, 0.29) is 10.5 Å². The molecule has 7 heteroatoms. The third-order valence-corrected chi connectivity index (χ3v) is 6.77. The summed E-state index contributed by atoms with van der Waals surface area (Å²) in [6, 6.07) is 2.81. The van der Waals surface area contributed by atoms with Gasteiger partial charge in [0.25, 0.3) is 5.56 Å². The molecule has 128 valence electrons. The zero-order valence-corrected chi connectivity index (χ0v) is 14.5. The van der Waals surface area contributed by atoms with Crippen LogP contribution < -0.4 is 5.56 Å². The van der Waals surface area contributed by atoms with Crippen molar-refractivity contribution in [2.24, 2.45) is 5.92 Å². The molecule has 2 aliphatic heterocycles. The van der Waals surface area contributed by atoms with Crippen LogP contribution in [0.5, 0.6) is 0 Å². The normalized spacial score (nSPS) is 21.8. The van der Waals surface area contributed by atoms with Crippen molar-refractivity contribution in [3.63, 3.8) is 0 Å². The van der Waals surface area contributed by atoms with Crippen molar-refractivity contribution in [2.75, 3.05) is 26.2 Å². The Hall–Kier alpha value is -1.18. The first kappa shape index (κ1) is 16.7. The van der Waals surface area contributed by atoms with Crippen molar-refractivity contribution in [1.82, 2.24) is 13.8 Å². The maximum atomic E-state index is 12.6. The van der Waals surface area contributed by atoms with Gasteiger partial charge >= 0.3 is 0 Å². The molecule has 1 aromatic heterocycles. The van der Waals surface area contributed by atoms with Crippen molar-refractivity contribution >= 4 is 10.0 Å². The summed E-state index contributed by atoms with van der Waals surface area (Å²) in [7, 11) is -3.47. The van der Waals surface area contributed by atoms with Crippen LogP contribution in [0.25, 0.3) is 0 Å². The second-order valence-electron chi connectivity index (χ2n) is 6.73. The van der Waals surface area contributed by atoms with Crippen LogP contribution in [0.15, 0.2) is 28.0 Å². The van der Waals surface area contributed by atoms with E-state index in [2.05, 4.69) is 11.8 Å². The summed E-state index contributed by atoms with van der Waals surface area (Å²) in [6.45, 7) is 5.77. The van der Waals surface area contributed by atoms with E-state index in [0.29, 0.717) is 19.8 Å². The molecule has 0 saturated carbocycles. The van der Waals surface area contributed by atoms with Gasteiger partial charge in [-0.1, -0.05) is 6.92 Å². The zero-order valence-electron chi connectivity index (χ0n) is 13.6. The van der Waals surface area contributed by atoms with Gasteiger partial charge in [0.1, 0.15) is 0 Å². The Morgan fingerprint density at radius 2 is 1.74 bits per heavy atom. The van der Waals surface area contributed by atoms with E-state index in [1.165, 1.54) is 27.2 Å². The average Bonchev–Trinajstić information content (AvgIpc) is 3.06. The minimum atomic E-state index is -3.47. The molecule has 0 radical (unpaired) electrons. The fourth-order valence-electron chi connectivity index (χ4n) is 3.27. The molecular weight excluding hydrogens is 314 g/mol. The summed E-state index contributed by atoms with van der Waals surface area (Å²) in [5, 5.41) is 0. The Balaban J connectivity index is 1.80.